The molecular formula is C17H17Br2Cl. The van der Waals surface area contributed by atoms with E-state index in [-0.39, 0.29) is 4.83 Å². The fraction of sp³-hybridized carbons (Fsp3) is 0.294. The van der Waals surface area contributed by atoms with Crippen LogP contribution in [0.4, 0.5) is 0 Å². The Balaban J connectivity index is 2.18. The summed E-state index contributed by atoms with van der Waals surface area (Å²) in [6.45, 7) is 2.22. The molecule has 2 aromatic carbocycles. The van der Waals surface area contributed by atoms with E-state index in [1.807, 2.05) is 12.1 Å². The number of aryl methyl sites for hydroxylation is 1. The van der Waals surface area contributed by atoms with Crippen molar-refractivity contribution in [3.63, 3.8) is 0 Å². The summed E-state index contributed by atoms with van der Waals surface area (Å²) in [5.74, 6) is 0. The maximum atomic E-state index is 6.31. The van der Waals surface area contributed by atoms with Gasteiger partial charge in [-0.3, -0.25) is 0 Å². The maximum absolute atomic E-state index is 6.31. The molecule has 2 aromatic rings. The summed E-state index contributed by atoms with van der Waals surface area (Å²) in [5.41, 5.74) is 3.72. The Kier molecular flexibility index (Phi) is 6.13. The highest BCUT2D eigenvalue weighted by Crippen LogP contribution is 2.36. The lowest BCUT2D eigenvalue weighted by Gasteiger charge is -2.13. The van der Waals surface area contributed by atoms with Crippen molar-refractivity contribution in [2.24, 2.45) is 0 Å². The van der Waals surface area contributed by atoms with Gasteiger partial charge in [-0.1, -0.05) is 87.1 Å². The summed E-state index contributed by atoms with van der Waals surface area (Å²) in [7, 11) is 0. The number of benzene rings is 2. The number of alkyl halides is 1. The quantitative estimate of drug-likeness (QED) is 0.464. The van der Waals surface area contributed by atoms with Gasteiger partial charge >= 0.3 is 0 Å². The summed E-state index contributed by atoms with van der Waals surface area (Å²) in [6.07, 6.45) is 3.63. The van der Waals surface area contributed by atoms with Gasteiger partial charge in [0.1, 0.15) is 0 Å². The van der Waals surface area contributed by atoms with E-state index >= 15 is 0 Å². The van der Waals surface area contributed by atoms with E-state index in [2.05, 4.69) is 69.1 Å². The lowest BCUT2D eigenvalue weighted by Crippen LogP contribution is -1.95. The van der Waals surface area contributed by atoms with E-state index < -0.39 is 0 Å². The molecule has 0 nitrogen and oxygen atoms in total. The second-order valence-electron chi connectivity index (χ2n) is 4.87. The Labute approximate surface area is 142 Å². The summed E-state index contributed by atoms with van der Waals surface area (Å²) in [6, 6.07) is 14.8. The van der Waals surface area contributed by atoms with Gasteiger partial charge in [-0.15, -0.1) is 0 Å². The van der Waals surface area contributed by atoms with Crippen molar-refractivity contribution < 1.29 is 0 Å². The first-order valence-electron chi connectivity index (χ1n) is 6.79. The van der Waals surface area contributed by atoms with Crippen LogP contribution in [0.25, 0.3) is 0 Å². The largest absolute Gasteiger partial charge is 0.0839 e. The van der Waals surface area contributed by atoms with Crippen molar-refractivity contribution in [2.75, 3.05) is 0 Å². The van der Waals surface area contributed by atoms with Crippen molar-refractivity contribution >= 4 is 43.5 Å². The van der Waals surface area contributed by atoms with E-state index in [4.69, 9.17) is 11.6 Å². The van der Waals surface area contributed by atoms with Crippen molar-refractivity contribution in [3.8, 4) is 0 Å². The third-order valence-electron chi connectivity index (χ3n) is 3.33. The van der Waals surface area contributed by atoms with Crippen molar-refractivity contribution in [1.82, 2.24) is 0 Å². The first kappa shape index (κ1) is 16.1. The molecule has 0 aliphatic rings. The van der Waals surface area contributed by atoms with Crippen LogP contribution in [0.3, 0.4) is 0 Å². The molecule has 0 amide bonds. The highest BCUT2D eigenvalue weighted by molar-refractivity contribution is 9.10. The summed E-state index contributed by atoms with van der Waals surface area (Å²) in [5, 5.41) is 0.774. The monoisotopic (exact) mass is 414 g/mol. The molecule has 3 heteroatoms. The number of hydrogen-bond donors (Lipinski definition) is 0. The van der Waals surface area contributed by atoms with Gasteiger partial charge in [0.25, 0.3) is 0 Å². The maximum Gasteiger partial charge on any atom is 0.0659 e. The number of halogens is 3. The predicted octanol–water partition coefficient (Wildman–Crippen LogP) is 6.93. The zero-order chi connectivity index (χ0) is 14.5. The summed E-state index contributed by atoms with van der Waals surface area (Å²) >= 11 is 13.5. The number of hydrogen-bond acceptors (Lipinski definition) is 0. The molecule has 0 N–H and O–H groups in total. The Hall–Kier alpha value is -0.310. The lowest BCUT2D eigenvalue weighted by atomic mass is 10.0. The third kappa shape index (κ3) is 4.09. The highest BCUT2D eigenvalue weighted by atomic mass is 79.9. The van der Waals surface area contributed by atoms with Crippen molar-refractivity contribution in [3.05, 3.63) is 68.7 Å². The molecule has 2 rings (SSSR count). The first-order valence-corrected chi connectivity index (χ1v) is 8.88. The second-order valence-corrected chi connectivity index (χ2v) is 7.11. The van der Waals surface area contributed by atoms with Crippen LogP contribution in [0.5, 0.6) is 0 Å². The minimum atomic E-state index is 0.128. The van der Waals surface area contributed by atoms with Gasteiger partial charge in [-0.05, 0) is 41.7 Å². The van der Waals surface area contributed by atoms with Crippen LogP contribution < -0.4 is 0 Å². The molecule has 0 saturated heterocycles. The zero-order valence-electron chi connectivity index (χ0n) is 11.4. The predicted molar refractivity (Wildman–Crippen MR) is 95.0 cm³/mol. The molecule has 0 radical (unpaired) electrons. The topological polar surface area (TPSA) is 0 Å². The van der Waals surface area contributed by atoms with E-state index in [0.717, 1.165) is 21.5 Å². The van der Waals surface area contributed by atoms with Crippen LogP contribution in [0.2, 0.25) is 5.02 Å². The summed E-state index contributed by atoms with van der Waals surface area (Å²) < 4.78 is 1.00. The molecule has 0 bridgehead atoms. The second kappa shape index (κ2) is 7.63. The van der Waals surface area contributed by atoms with Gasteiger partial charge in [0.05, 0.1) is 4.83 Å². The Morgan fingerprint density at radius 2 is 1.80 bits per heavy atom. The van der Waals surface area contributed by atoms with Crippen LogP contribution in [-0.4, -0.2) is 0 Å². The zero-order valence-corrected chi connectivity index (χ0v) is 15.3. The number of unbranched alkanes of at least 4 members (excludes halogenated alkanes) is 1. The average Bonchev–Trinajstić information content (AvgIpc) is 2.45. The average molecular weight is 417 g/mol. The van der Waals surface area contributed by atoms with E-state index in [1.165, 1.54) is 24.0 Å². The van der Waals surface area contributed by atoms with Gasteiger partial charge in [0.2, 0.25) is 0 Å². The number of rotatable bonds is 5. The van der Waals surface area contributed by atoms with E-state index in [1.54, 1.807) is 0 Å². The van der Waals surface area contributed by atoms with Crippen molar-refractivity contribution in [1.29, 1.82) is 0 Å². The summed E-state index contributed by atoms with van der Waals surface area (Å²) in [4.78, 5) is 0.128. The van der Waals surface area contributed by atoms with E-state index in [0.29, 0.717) is 0 Å². The highest BCUT2D eigenvalue weighted by Gasteiger charge is 2.13. The van der Waals surface area contributed by atoms with Crippen LogP contribution >= 0.6 is 43.5 Å². The van der Waals surface area contributed by atoms with Gasteiger partial charge in [-0.2, -0.15) is 0 Å². The fourth-order valence-corrected chi connectivity index (χ4v) is 3.74. The van der Waals surface area contributed by atoms with Crippen LogP contribution in [-0.2, 0) is 6.42 Å². The molecule has 0 aliphatic heterocycles. The minimum Gasteiger partial charge on any atom is -0.0839 e. The van der Waals surface area contributed by atoms with Crippen molar-refractivity contribution in [2.45, 2.75) is 31.0 Å². The Bertz CT molecular complexity index is 564. The Morgan fingerprint density at radius 3 is 2.40 bits per heavy atom. The van der Waals surface area contributed by atoms with Crippen LogP contribution in [0.15, 0.2) is 46.9 Å². The van der Waals surface area contributed by atoms with Gasteiger partial charge in [-0.25, -0.2) is 0 Å². The van der Waals surface area contributed by atoms with E-state index in [9.17, 15) is 0 Å². The molecule has 0 spiro atoms. The molecular weight excluding hydrogens is 399 g/mol. The normalized spacial score (nSPS) is 12.4. The van der Waals surface area contributed by atoms with Gasteiger partial charge in [0.15, 0.2) is 0 Å². The van der Waals surface area contributed by atoms with Gasteiger partial charge < -0.3 is 0 Å². The Morgan fingerprint density at radius 1 is 1.10 bits per heavy atom. The third-order valence-corrected chi connectivity index (χ3v) is 5.17. The van der Waals surface area contributed by atoms with Crippen LogP contribution in [0.1, 0.15) is 41.3 Å². The minimum absolute atomic E-state index is 0.128. The molecule has 0 aliphatic carbocycles. The molecule has 0 fully saturated rings. The molecule has 0 saturated carbocycles. The SMILES string of the molecule is CCCCc1ccc(C(Br)c2ccc(Br)cc2Cl)cc1. The standard InChI is InChI=1S/C17H17Br2Cl/c1-2-3-4-12-5-7-13(8-6-12)17(19)15-10-9-14(18)11-16(15)20/h5-11,17H,2-4H2,1H3. The molecule has 0 aromatic heterocycles. The molecule has 0 heterocycles. The molecule has 1 atom stereocenters. The first-order chi connectivity index (χ1) is 9.61. The molecule has 106 valence electrons. The van der Waals surface area contributed by atoms with Gasteiger partial charge in [0, 0.05) is 9.50 Å². The smallest absolute Gasteiger partial charge is 0.0659 e. The molecule has 1 unspecified atom stereocenters. The fourth-order valence-electron chi connectivity index (χ4n) is 2.12. The molecule has 20 heavy (non-hydrogen) atoms. The van der Waals surface area contributed by atoms with Crippen LogP contribution in [0, 0.1) is 0 Å². The lowest BCUT2D eigenvalue weighted by molar-refractivity contribution is 0.795.